The number of thiazole rings is 1. The number of aryl methyl sites for hydroxylation is 2. The van der Waals surface area contributed by atoms with Gasteiger partial charge in [0.25, 0.3) is 10.0 Å². The predicted octanol–water partition coefficient (Wildman–Crippen LogP) is 2.01. The van der Waals surface area contributed by atoms with Crippen molar-refractivity contribution in [2.75, 3.05) is 10.5 Å². The zero-order valence-electron chi connectivity index (χ0n) is 10.1. The second kappa shape index (κ2) is 4.50. The van der Waals surface area contributed by atoms with Crippen LogP contribution in [0.25, 0.3) is 0 Å². The van der Waals surface area contributed by atoms with Crippen LogP contribution in [-0.4, -0.2) is 13.4 Å². The molecule has 3 rings (SSSR count). The summed E-state index contributed by atoms with van der Waals surface area (Å²) in [5, 5.41) is 0.446. The Morgan fingerprint density at radius 3 is 2.63 bits per heavy atom. The first kappa shape index (κ1) is 12.4. The van der Waals surface area contributed by atoms with Crippen molar-refractivity contribution in [2.45, 2.75) is 24.2 Å². The summed E-state index contributed by atoms with van der Waals surface area (Å²) < 4.78 is 26.8. The summed E-state index contributed by atoms with van der Waals surface area (Å²) in [6.45, 7) is 0. The Morgan fingerprint density at radius 2 is 1.95 bits per heavy atom. The third kappa shape index (κ3) is 2.43. The topological polar surface area (TPSA) is 85.1 Å². The number of nitrogen functional groups attached to an aromatic ring is 1. The van der Waals surface area contributed by atoms with E-state index in [9.17, 15) is 8.42 Å². The number of anilines is 2. The van der Waals surface area contributed by atoms with E-state index < -0.39 is 10.0 Å². The Labute approximate surface area is 115 Å². The number of nitrogens with zero attached hydrogens (tertiary/aromatic N) is 1. The molecule has 7 heteroatoms. The average Bonchev–Trinajstić information content (AvgIpc) is 2.89. The molecule has 0 amide bonds. The highest BCUT2D eigenvalue weighted by molar-refractivity contribution is 7.93. The van der Waals surface area contributed by atoms with Gasteiger partial charge in [0.15, 0.2) is 5.13 Å². The number of nitrogens with two attached hydrogens (primary N) is 1. The second-order valence-corrected chi connectivity index (χ2v) is 7.18. The summed E-state index contributed by atoms with van der Waals surface area (Å²) in [5.41, 5.74) is 7.11. The van der Waals surface area contributed by atoms with Crippen molar-refractivity contribution in [1.82, 2.24) is 4.98 Å². The molecule has 19 heavy (non-hydrogen) atoms. The fourth-order valence-electron chi connectivity index (χ4n) is 2.05. The molecule has 0 bridgehead atoms. The van der Waals surface area contributed by atoms with Gasteiger partial charge in [0.2, 0.25) is 0 Å². The van der Waals surface area contributed by atoms with Gasteiger partial charge >= 0.3 is 0 Å². The van der Waals surface area contributed by atoms with Crippen LogP contribution in [-0.2, 0) is 22.9 Å². The van der Waals surface area contributed by atoms with E-state index >= 15 is 0 Å². The van der Waals surface area contributed by atoms with Crippen LogP contribution in [0.15, 0.2) is 29.2 Å². The number of sulfonamides is 1. The normalized spacial score (nSPS) is 14.3. The molecule has 100 valence electrons. The van der Waals surface area contributed by atoms with Crippen molar-refractivity contribution >= 4 is 32.2 Å². The molecule has 1 aromatic heterocycles. The van der Waals surface area contributed by atoms with Crippen LogP contribution < -0.4 is 10.5 Å². The molecule has 0 saturated heterocycles. The molecule has 1 aliphatic rings. The maximum absolute atomic E-state index is 12.2. The molecule has 2 aromatic rings. The van der Waals surface area contributed by atoms with E-state index in [4.69, 9.17) is 5.73 Å². The molecule has 0 spiro atoms. The average molecular weight is 295 g/mol. The van der Waals surface area contributed by atoms with Gasteiger partial charge in [0.1, 0.15) is 0 Å². The summed E-state index contributed by atoms with van der Waals surface area (Å²) in [6.07, 6.45) is 3.05. The largest absolute Gasteiger partial charge is 0.399 e. The van der Waals surface area contributed by atoms with Crippen LogP contribution in [0.5, 0.6) is 0 Å². The number of nitrogens with one attached hydrogen (secondary N) is 1. The highest BCUT2D eigenvalue weighted by Gasteiger charge is 2.20. The molecule has 0 unspecified atom stereocenters. The third-order valence-electron chi connectivity index (χ3n) is 3.01. The van der Waals surface area contributed by atoms with Gasteiger partial charge in [-0.3, -0.25) is 4.72 Å². The van der Waals surface area contributed by atoms with Crippen LogP contribution in [0.1, 0.15) is 17.0 Å². The summed E-state index contributed by atoms with van der Waals surface area (Å²) in [7, 11) is -3.58. The Hall–Kier alpha value is -1.60. The lowest BCUT2D eigenvalue weighted by Crippen LogP contribution is -2.12. The summed E-state index contributed by atoms with van der Waals surface area (Å²) in [5.74, 6) is 0. The summed E-state index contributed by atoms with van der Waals surface area (Å²) in [4.78, 5) is 5.70. The molecule has 0 saturated carbocycles. The van der Waals surface area contributed by atoms with E-state index in [1.54, 1.807) is 12.1 Å². The van der Waals surface area contributed by atoms with Gasteiger partial charge in [0, 0.05) is 10.6 Å². The van der Waals surface area contributed by atoms with E-state index in [1.165, 1.54) is 28.3 Å². The van der Waals surface area contributed by atoms with Crippen molar-refractivity contribution in [2.24, 2.45) is 0 Å². The van der Waals surface area contributed by atoms with E-state index in [1.807, 2.05) is 0 Å². The highest BCUT2D eigenvalue weighted by atomic mass is 32.2. The fraction of sp³-hybridized carbons (Fsp3) is 0.250. The number of hydrogen-bond acceptors (Lipinski definition) is 5. The van der Waals surface area contributed by atoms with Crippen molar-refractivity contribution in [3.63, 3.8) is 0 Å². The van der Waals surface area contributed by atoms with Gasteiger partial charge in [-0.15, -0.1) is 11.3 Å². The highest BCUT2D eigenvalue weighted by Crippen LogP contribution is 2.31. The van der Waals surface area contributed by atoms with Crippen molar-refractivity contribution in [3.8, 4) is 0 Å². The van der Waals surface area contributed by atoms with Gasteiger partial charge in [-0.1, -0.05) is 0 Å². The van der Waals surface area contributed by atoms with E-state index in [0.29, 0.717) is 10.8 Å². The Balaban J connectivity index is 1.86. The molecule has 1 aliphatic carbocycles. The molecule has 5 nitrogen and oxygen atoms in total. The van der Waals surface area contributed by atoms with E-state index in [2.05, 4.69) is 9.71 Å². The quantitative estimate of drug-likeness (QED) is 0.848. The lowest BCUT2D eigenvalue weighted by molar-refractivity contribution is 0.601. The smallest absolute Gasteiger partial charge is 0.263 e. The van der Waals surface area contributed by atoms with Gasteiger partial charge in [0.05, 0.1) is 10.6 Å². The molecular formula is C12H13N3O2S2. The first-order valence-corrected chi connectivity index (χ1v) is 8.21. The van der Waals surface area contributed by atoms with Gasteiger partial charge in [-0.2, -0.15) is 0 Å². The van der Waals surface area contributed by atoms with Crippen molar-refractivity contribution in [1.29, 1.82) is 0 Å². The molecule has 3 N–H and O–H groups in total. The van der Waals surface area contributed by atoms with Gasteiger partial charge in [-0.05, 0) is 43.5 Å². The molecule has 1 aromatic carbocycles. The second-order valence-electron chi connectivity index (χ2n) is 4.42. The predicted molar refractivity (Wildman–Crippen MR) is 75.8 cm³/mol. The molecular weight excluding hydrogens is 282 g/mol. The number of benzene rings is 1. The van der Waals surface area contributed by atoms with Gasteiger partial charge < -0.3 is 5.73 Å². The molecule has 0 atom stereocenters. The SMILES string of the molecule is Nc1ccc(S(=O)(=O)Nc2nc3c(s2)CCC3)cc1. The maximum Gasteiger partial charge on any atom is 0.263 e. The van der Waals surface area contributed by atoms with E-state index in [-0.39, 0.29) is 4.90 Å². The lowest BCUT2D eigenvalue weighted by Gasteiger charge is -2.05. The summed E-state index contributed by atoms with van der Waals surface area (Å²) in [6, 6.07) is 6.10. The monoisotopic (exact) mass is 295 g/mol. The number of rotatable bonds is 3. The van der Waals surface area contributed by atoms with Gasteiger partial charge in [-0.25, -0.2) is 13.4 Å². The molecule has 0 aliphatic heterocycles. The zero-order chi connectivity index (χ0) is 13.5. The first-order valence-electron chi connectivity index (χ1n) is 5.91. The Bertz CT molecular complexity index is 684. The van der Waals surface area contributed by atoms with Crippen LogP contribution in [0.4, 0.5) is 10.8 Å². The Morgan fingerprint density at radius 1 is 1.21 bits per heavy atom. The summed E-state index contributed by atoms with van der Waals surface area (Å²) >= 11 is 1.42. The molecule has 0 fully saturated rings. The van der Waals surface area contributed by atoms with E-state index in [0.717, 1.165) is 25.0 Å². The lowest BCUT2D eigenvalue weighted by atomic mass is 10.3. The maximum atomic E-state index is 12.2. The fourth-order valence-corrected chi connectivity index (χ4v) is 4.34. The number of hydrogen-bond donors (Lipinski definition) is 2. The number of fused-ring (bicyclic) bond motifs is 1. The van der Waals surface area contributed by atoms with Crippen LogP contribution >= 0.6 is 11.3 Å². The Kier molecular flexibility index (Phi) is 2.94. The minimum absolute atomic E-state index is 0.192. The molecule has 0 radical (unpaired) electrons. The van der Waals surface area contributed by atoms with Crippen molar-refractivity contribution < 1.29 is 8.42 Å². The third-order valence-corrected chi connectivity index (χ3v) is 5.56. The van der Waals surface area contributed by atoms with Crippen molar-refractivity contribution in [3.05, 3.63) is 34.8 Å². The van der Waals surface area contributed by atoms with Crippen LogP contribution in [0.3, 0.4) is 0 Å². The van der Waals surface area contributed by atoms with Crippen LogP contribution in [0.2, 0.25) is 0 Å². The minimum atomic E-state index is -3.58. The molecule has 1 heterocycles. The standard InChI is InChI=1S/C12H13N3O2S2/c13-8-4-6-9(7-5-8)19(16,17)15-12-14-10-2-1-3-11(10)18-12/h4-7H,1-3,13H2,(H,14,15). The van der Waals surface area contributed by atoms with Crippen LogP contribution in [0, 0.1) is 0 Å². The first-order chi connectivity index (χ1) is 9.04. The zero-order valence-corrected chi connectivity index (χ0v) is 11.7. The minimum Gasteiger partial charge on any atom is -0.399 e. The number of aromatic nitrogens is 1.